The molecule has 0 radical (unpaired) electrons. The number of aliphatic hydroxyl groups is 1. The van der Waals surface area contributed by atoms with Crippen molar-refractivity contribution < 1.29 is 34.1 Å². The second-order valence-corrected chi connectivity index (χ2v) is 14.4. The molecule has 0 aromatic rings. The number of carbonyl (C=O) groups is 4. The molecule has 0 saturated carbocycles. The van der Waals surface area contributed by atoms with E-state index in [-0.39, 0.29) is 24.5 Å². The van der Waals surface area contributed by atoms with Crippen molar-refractivity contribution in [1.29, 1.82) is 0 Å². The van der Waals surface area contributed by atoms with Gasteiger partial charge in [0.05, 0.1) is 13.2 Å². The Hall–Kier alpha value is -2.42. The van der Waals surface area contributed by atoms with Gasteiger partial charge >= 0.3 is 11.9 Å². The minimum absolute atomic E-state index is 0.01000. The largest absolute Gasteiger partial charge is 0.480 e. The van der Waals surface area contributed by atoms with Gasteiger partial charge in [-0.25, -0.2) is 4.79 Å². The molecular formula is C42H78N2O7. The van der Waals surface area contributed by atoms with Crippen LogP contribution in [-0.2, 0) is 23.9 Å². The van der Waals surface area contributed by atoms with E-state index in [0.717, 1.165) is 57.8 Å². The molecule has 0 aliphatic rings. The first-order valence-corrected chi connectivity index (χ1v) is 21.1. The highest BCUT2D eigenvalue weighted by Crippen LogP contribution is 2.19. The number of carboxylic acid groups (broad SMARTS) is 1. The van der Waals surface area contributed by atoms with Crippen molar-refractivity contribution in [2.75, 3.05) is 13.2 Å². The second-order valence-electron chi connectivity index (χ2n) is 14.4. The Balaban J connectivity index is 4.20. The molecule has 4 N–H and O–H groups in total. The minimum Gasteiger partial charge on any atom is -0.480 e. The fourth-order valence-corrected chi connectivity index (χ4v) is 6.24. The topological polar surface area (TPSA) is 142 Å². The van der Waals surface area contributed by atoms with E-state index in [1.54, 1.807) is 0 Å². The Labute approximate surface area is 311 Å². The lowest BCUT2D eigenvalue weighted by Gasteiger charge is -2.18. The van der Waals surface area contributed by atoms with Gasteiger partial charge in [0, 0.05) is 12.8 Å². The molecule has 0 aliphatic heterocycles. The second kappa shape index (κ2) is 37.3. The lowest BCUT2D eigenvalue weighted by atomic mass is 10.0. The molecule has 0 aromatic heterocycles. The number of carbonyl (C=O) groups excluding carboxylic acids is 3. The molecule has 9 nitrogen and oxygen atoms in total. The zero-order valence-electron chi connectivity index (χ0n) is 32.9. The molecule has 0 saturated heterocycles. The summed E-state index contributed by atoms with van der Waals surface area (Å²) >= 11 is 0. The van der Waals surface area contributed by atoms with Gasteiger partial charge in [0.2, 0.25) is 11.8 Å². The Morgan fingerprint density at radius 1 is 0.569 bits per heavy atom. The number of hydrogen-bond donors (Lipinski definition) is 4. The van der Waals surface area contributed by atoms with Crippen LogP contribution in [0.25, 0.3) is 0 Å². The first-order chi connectivity index (χ1) is 24.8. The van der Waals surface area contributed by atoms with Crippen LogP contribution >= 0.6 is 0 Å². The molecule has 298 valence electrons. The Kier molecular flexibility index (Phi) is 35.6. The molecule has 0 rings (SSSR count). The number of nitrogens with one attached hydrogen (secondary N) is 2. The van der Waals surface area contributed by atoms with Gasteiger partial charge in [0.25, 0.3) is 0 Å². The number of aliphatic hydroxyl groups excluding tert-OH is 1. The van der Waals surface area contributed by atoms with Crippen LogP contribution in [0.1, 0.15) is 206 Å². The average molecular weight is 723 g/mol. The number of aliphatic carboxylic acids is 1. The lowest BCUT2D eigenvalue weighted by Crippen LogP contribution is -2.47. The first kappa shape index (κ1) is 48.6. The monoisotopic (exact) mass is 723 g/mol. The van der Waals surface area contributed by atoms with E-state index in [2.05, 4.69) is 36.6 Å². The molecule has 0 aliphatic carbocycles. The zero-order chi connectivity index (χ0) is 37.6. The zero-order valence-corrected chi connectivity index (χ0v) is 32.9. The van der Waals surface area contributed by atoms with Crippen LogP contribution in [0.3, 0.4) is 0 Å². The fourth-order valence-electron chi connectivity index (χ4n) is 6.24. The highest BCUT2D eigenvalue weighted by atomic mass is 16.5. The van der Waals surface area contributed by atoms with E-state index < -0.39 is 24.5 Å². The summed E-state index contributed by atoms with van der Waals surface area (Å²) in [6.07, 6.45) is 38.1. The third-order valence-corrected chi connectivity index (χ3v) is 9.51. The molecule has 51 heavy (non-hydrogen) atoms. The van der Waals surface area contributed by atoms with Crippen molar-refractivity contribution >= 4 is 23.8 Å². The summed E-state index contributed by atoms with van der Waals surface area (Å²) < 4.78 is 6.00. The molecule has 9 heteroatoms. The molecule has 0 bridgehead atoms. The maximum atomic E-state index is 12.7. The summed E-state index contributed by atoms with van der Waals surface area (Å²) in [4.78, 5) is 47.4. The van der Waals surface area contributed by atoms with Crippen molar-refractivity contribution in [1.82, 2.24) is 10.6 Å². The Morgan fingerprint density at radius 2 is 1.00 bits per heavy atom. The molecular weight excluding hydrogens is 644 g/mol. The van der Waals surface area contributed by atoms with Gasteiger partial charge in [0.1, 0.15) is 12.1 Å². The van der Waals surface area contributed by atoms with E-state index >= 15 is 0 Å². The number of unbranched alkanes of at least 4 members (excludes halogenated alkanes) is 22. The molecule has 0 heterocycles. The predicted molar refractivity (Wildman–Crippen MR) is 209 cm³/mol. The highest BCUT2D eigenvalue weighted by Gasteiger charge is 2.19. The maximum absolute atomic E-state index is 12.7. The van der Waals surface area contributed by atoms with Gasteiger partial charge in [-0.1, -0.05) is 142 Å². The van der Waals surface area contributed by atoms with Gasteiger partial charge < -0.3 is 25.6 Å². The van der Waals surface area contributed by atoms with E-state index in [1.165, 1.54) is 116 Å². The number of ether oxygens (including phenoxy) is 1. The van der Waals surface area contributed by atoms with E-state index in [1.807, 2.05) is 0 Å². The summed E-state index contributed by atoms with van der Waals surface area (Å²) in [6.45, 7) is 3.47. The summed E-state index contributed by atoms with van der Waals surface area (Å²) in [5.74, 6) is -2.29. The van der Waals surface area contributed by atoms with Crippen LogP contribution in [0.4, 0.5) is 0 Å². The standard InChI is InChI=1S/C42H78N2O7/c1-3-5-7-9-11-13-14-15-16-17-18-19-21-26-30-34-41(48)51-37(31-27-23-20-12-10-8-6-4-2)32-28-24-22-25-29-33-39(46)43-35-40(47)44-38(36-45)42(49)50/h15-16,37-38,45H,3-14,17-36H2,1-2H3,(H,43,46)(H,44,47)(H,49,50)/b16-15-. The smallest absolute Gasteiger partial charge is 0.328 e. The number of allylic oxidation sites excluding steroid dienone is 2. The van der Waals surface area contributed by atoms with Crippen molar-refractivity contribution in [2.24, 2.45) is 0 Å². The van der Waals surface area contributed by atoms with Gasteiger partial charge in [-0.2, -0.15) is 0 Å². The number of amides is 2. The van der Waals surface area contributed by atoms with Crippen LogP contribution in [0.15, 0.2) is 12.2 Å². The van der Waals surface area contributed by atoms with Crippen molar-refractivity contribution in [3.63, 3.8) is 0 Å². The Morgan fingerprint density at radius 3 is 1.47 bits per heavy atom. The number of rotatable bonds is 38. The van der Waals surface area contributed by atoms with Gasteiger partial charge in [0.15, 0.2) is 0 Å². The van der Waals surface area contributed by atoms with Crippen molar-refractivity contribution in [3.8, 4) is 0 Å². The fraction of sp³-hybridized carbons (Fsp3) is 0.857. The third-order valence-electron chi connectivity index (χ3n) is 9.51. The summed E-state index contributed by atoms with van der Waals surface area (Å²) in [7, 11) is 0. The van der Waals surface area contributed by atoms with Crippen LogP contribution in [0, 0.1) is 0 Å². The number of hydrogen-bond acceptors (Lipinski definition) is 6. The van der Waals surface area contributed by atoms with Crippen LogP contribution in [0.2, 0.25) is 0 Å². The van der Waals surface area contributed by atoms with Crippen LogP contribution in [-0.4, -0.2) is 59.3 Å². The summed E-state index contributed by atoms with van der Waals surface area (Å²) in [6, 6.07) is -1.38. The van der Waals surface area contributed by atoms with Gasteiger partial charge in [-0.15, -0.1) is 0 Å². The third kappa shape index (κ3) is 34.4. The Bertz CT molecular complexity index is 879. The average Bonchev–Trinajstić information content (AvgIpc) is 3.11. The summed E-state index contributed by atoms with van der Waals surface area (Å²) in [5.41, 5.74) is 0. The van der Waals surface area contributed by atoms with E-state index in [0.29, 0.717) is 19.3 Å². The van der Waals surface area contributed by atoms with Gasteiger partial charge in [-0.05, 0) is 64.2 Å². The van der Waals surface area contributed by atoms with Crippen LogP contribution < -0.4 is 10.6 Å². The molecule has 0 aromatic carbocycles. The van der Waals surface area contributed by atoms with E-state index in [4.69, 9.17) is 14.9 Å². The quantitative estimate of drug-likeness (QED) is 0.0282. The molecule has 0 spiro atoms. The van der Waals surface area contributed by atoms with Crippen molar-refractivity contribution in [2.45, 2.75) is 219 Å². The SMILES string of the molecule is CCCCCCCC/C=C\CCCCCCCC(=O)OC(CCCCCCCCCC)CCCCCCCC(=O)NCC(=O)NC(CO)C(=O)O. The summed E-state index contributed by atoms with van der Waals surface area (Å²) in [5, 5.41) is 22.5. The highest BCUT2D eigenvalue weighted by molar-refractivity contribution is 5.87. The molecule has 2 atom stereocenters. The minimum atomic E-state index is -1.38. The molecule has 2 unspecified atom stereocenters. The van der Waals surface area contributed by atoms with E-state index in [9.17, 15) is 19.2 Å². The maximum Gasteiger partial charge on any atom is 0.328 e. The number of carboxylic acids is 1. The number of esters is 1. The van der Waals surface area contributed by atoms with Gasteiger partial charge in [-0.3, -0.25) is 14.4 Å². The molecule has 2 amide bonds. The van der Waals surface area contributed by atoms with Crippen LogP contribution in [0.5, 0.6) is 0 Å². The van der Waals surface area contributed by atoms with Crippen molar-refractivity contribution in [3.05, 3.63) is 12.2 Å². The lowest BCUT2D eigenvalue weighted by molar-refractivity contribution is -0.150. The first-order valence-electron chi connectivity index (χ1n) is 21.1. The normalized spacial score (nSPS) is 12.5. The molecule has 0 fully saturated rings. The predicted octanol–water partition coefficient (Wildman–Crippen LogP) is 9.88.